The molecule has 0 atom stereocenters. The highest BCUT2D eigenvalue weighted by Crippen LogP contribution is 2.26. The first-order chi connectivity index (χ1) is 11.9. The number of Topliss-reactive ketones (excluding diaryl/α,β-unsaturated/α-hetero) is 1. The number of ether oxygens (including phenoxy) is 1. The van der Waals surface area contributed by atoms with Gasteiger partial charge in [0.2, 0.25) is 6.41 Å². The van der Waals surface area contributed by atoms with Crippen LogP contribution in [0.4, 0.5) is 5.69 Å². The van der Waals surface area contributed by atoms with Crippen LogP contribution in [0.2, 0.25) is 0 Å². The predicted molar refractivity (Wildman–Crippen MR) is 96.3 cm³/mol. The summed E-state index contributed by atoms with van der Waals surface area (Å²) in [6.45, 7) is 3.39. The number of ketones is 1. The van der Waals surface area contributed by atoms with E-state index in [0.717, 1.165) is 16.8 Å². The van der Waals surface area contributed by atoms with Crippen molar-refractivity contribution in [1.82, 2.24) is 0 Å². The first kappa shape index (κ1) is 18.4. The predicted octanol–water partition coefficient (Wildman–Crippen LogP) is 3.69. The van der Waals surface area contributed by atoms with Gasteiger partial charge in [0.25, 0.3) is 0 Å². The second-order valence-electron chi connectivity index (χ2n) is 6.39. The van der Waals surface area contributed by atoms with Crippen molar-refractivity contribution in [3.63, 3.8) is 0 Å². The molecule has 1 amide bonds. The van der Waals surface area contributed by atoms with Crippen molar-refractivity contribution in [2.24, 2.45) is 5.41 Å². The van der Waals surface area contributed by atoms with Crippen molar-refractivity contribution in [2.45, 2.75) is 20.3 Å². The SMILES string of the molecule is COC(=O)C(C)(C)CC(=O)c1ccc(-c2ccc(NC=O)cc2)cc1. The van der Waals surface area contributed by atoms with Gasteiger partial charge in [-0.3, -0.25) is 14.4 Å². The highest BCUT2D eigenvalue weighted by molar-refractivity contribution is 5.99. The summed E-state index contributed by atoms with van der Waals surface area (Å²) < 4.78 is 4.74. The summed E-state index contributed by atoms with van der Waals surface area (Å²) in [4.78, 5) is 34.5. The van der Waals surface area contributed by atoms with Gasteiger partial charge in [0.15, 0.2) is 5.78 Å². The molecule has 0 saturated carbocycles. The van der Waals surface area contributed by atoms with Crippen LogP contribution in [0.25, 0.3) is 11.1 Å². The zero-order valence-corrected chi connectivity index (χ0v) is 14.5. The molecular formula is C20H21NO4. The van der Waals surface area contributed by atoms with Gasteiger partial charge in [-0.1, -0.05) is 36.4 Å². The first-order valence-electron chi connectivity index (χ1n) is 7.89. The van der Waals surface area contributed by atoms with E-state index < -0.39 is 11.4 Å². The smallest absolute Gasteiger partial charge is 0.311 e. The molecule has 0 saturated heterocycles. The van der Waals surface area contributed by atoms with Gasteiger partial charge in [-0.15, -0.1) is 0 Å². The van der Waals surface area contributed by atoms with Crippen LogP contribution < -0.4 is 5.32 Å². The Bertz CT molecular complexity index is 761. The summed E-state index contributed by atoms with van der Waals surface area (Å²) in [5.74, 6) is -0.506. The van der Waals surface area contributed by atoms with Gasteiger partial charge in [-0.25, -0.2) is 0 Å². The molecule has 0 radical (unpaired) electrons. The van der Waals surface area contributed by atoms with Crippen LogP contribution in [0.5, 0.6) is 0 Å². The largest absolute Gasteiger partial charge is 0.469 e. The van der Waals surface area contributed by atoms with Crippen molar-refractivity contribution in [3.8, 4) is 11.1 Å². The molecule has 0 aliphatic carbocycles. The van der Waals surface area contributed by atoms with E-state index in [1.54, 1.807) is 26.0 Å². The molecule has 5 nitrogen and oxygen atoms in total. The highest BCUT2D eigenvalue weighted by Gasteiger charge is 2.31. The third kappa shape index (κ3) is 4.53. The Morgan fingerprint density at radius 2 is 1.52 bits per heavy atom. The normalized spacial score (nSPS) is 10.8. The summed E-state index contributed by atoms with van der Waals surface area (Å²) in [5, 5.41) is 2.58. The Labute approximate surface area is 147 Å². The molecule has 5 heteroatoms. The molecule has 0 bridgehead atoms. The fourth-order valence-corrected chi connectivity index (χ4v) is 2.53. The van der Waals surface area contributed by atoms with Crippen molar-refractivity contribution >= 4 is 23.9 Å². The fourth-order valence-electron chi connectivity index (χ4n) is 2.53. The summed E-state index contributed by atoms with van der Waals surface area (Å²) in [6.07, 6.45) is 0.719. The summed E-state index contributed by atoms with van der Waals surface area (Å²) in [7, 11) is 1.32. The molecule has 2 aromatic carbocycles. The van der Waals surface area contributed by atoms with Crippen LogP contribution in [-0.2, 0) is 14.3 Å². The van der Waals surface area contributed by atoms with Gasteiger partial charge < -0.3 is 10.1 Å². The van der Waals surface area contributed by atoms with Crippen LogP contribution >= 0.6 is 0 Å². The fraction of sp³-hybridized carbons (Fsp3) is 0.250. The number of hydrogen-bond donors (Lipinski definition) is 1. The lowest BCUT2D eigenvalue weighted by atomic mass is 9.85. The van der Waals surface area contributed by atoms with E-state index in [2.05, 4.69) is 5.32 Å². The van der Waals surface area contributed by atoms with E-state index in [4.69, 9.17) is 4.74 Å². The Balaban J connectivity index is 2.12. The maximum atomic E-state index is 12.4. The lowest BCUT2D eigenvalue weighted by Crippen LogP contribution is -2.28. The zero-order chi connectivity index (χ0) is 18.4. The van der Waals surface area contributed by atoms with E-state index in [0.29, 0.717) is 12.0 Å². The third-order valence-corrected chi connectivity index (χ3v) is 3.99. The number of anilines is 1. The minimum Gasteiger partial charge on any atom is -0.469 e. The monoisotopic (exact) mass is 339 g/mol. The van der Waals surface area contributed by atoms with Gasteiger partial charge in [0.05, 0.1) is 12.5 Å². The Morgan fingerprint density at radius 1 is 1.00 bits per heavy atom. The topological polar surface area (TPSA) is 72.5 Å². The van der Waals surface area contributed by atoms with Crippen LogP contribution in [0.1, 0.15) is 30.6 Å². The molecule has 0 aliphatic heterocycles. The highest BCUT2D eigenvalue weighted by atomic mass is 16.5. The number of benzene rings is 2. The maximum absolute atomic E-state index is 12.4. The third-order valence-electron chi connectivity index (χ3n) is 3.99. The van der Waals surface area contributed by atoms with Gasteiger partial charge in [0, 0.05) is 17.7 Å². The molecule has 1 N–H and O–H groups in total. The number of esters is 1. The Morgan fingerprint density at radius 3 is 2.00 bits per heavy atom. The molecule has 0 fully saturated rings. The summed E-state index contributed by atoms with van der Waals surface area (Å²) in [6, 6.07) is 14.6. The minimum atomic E-state index is -0.855. The quantitative estimate of drug-likeness (QED) is 0.474. The van der Waals surface area contributed by atoms with Crippen LogP contribution in [0.3, 0.4) is 0 Å². The second kappa shape index (κ2) is 7.75. The van der Waals surface area contributed by atoms with Crippen molar-refractivity contribution in [2.75, 3.05) is 12.4 Å². The molecule has 0 aromatic heterocycles. The lowest BCUT2D eigenvalue weighted by Gasteiger charge is -2.20. The number of hydrogen-bond acceptors (Lipinski definition) is 4. The molecule has 0 unspecified atom stereocenters. The molecule has 0 spiro atoms. The van der Waals surface area contributed by atoms with Crippen molar-refractivity contribution in [1.29, 1.82) is 0 Å². The van der Waals surface area contributed by atoms with Gasteiger partial charge >= 0.3 is 5.97 Å². The van der Waals surface area contributed by atoms with Crippen LogP contribution in [-0.4, -0.2) is 25.3 Å². The van der Waals surface area contributed by atoms with Crippen molar-refractivity contribution in [3.05, 3.63) is 54.1 Å². The number of carbonyl (C=O) groups is 3. The maximum Gasteiger partial charge on any atom is 0.311 e. The van der Waals surface area contributed by atoms with E-state index in [9.17, 15) is 14.4 Å². The Hall–Kier alpha value is -2.95. The van der Waals surface area contributed by atoms with E-state index in [-0.39, 0.29) is 12.2 Å². The van der Waals surface area contributed by atoms with Gasteiger partial charge in [0.1, 0.15) is 0 Å². The van der Waals surface area contributed by atoms with E-state index in [1.165, 1.54) is 7.11 Å². The summed E-state index contributed by atoms with van der Waals surface area (Å²) in [5.41, 5.74) is 2.36. The molecule has 2 rings (SSSR count). The number of rotatable bonds is 7. The van der Waals surface area contributed by atoms with E-state index >= 15 is 0 Å². The van der Waals surface area contributed by atoms with E-state index in [1.807, 2.05) is 36.4 Å². The number of nitrogens with one attached hydrogen (secondary N) is 1. The Kier molecular flexibility index (Phi) is 5.70. The molecule has 130 valence electrons. The van der Waals surface area contributed by atoms with Gasteiger partial charge in [-0.05, 0) is 37.1 Å². The van der Waals surface area contributed by atoms with Crippen molar-refractivity contribution < 1.29 is 19.1 Å². The van der Waals surface area contributed by atoms with Crippen LogP contribution in [0.15, 0.2) is 48.5 Å². The average Bonchev–Trinajstić information content (AvgIpc) is 2.61. The number of methoxy groups -OCH3 is 1. The summed E-state index contributed by atoms with van der Waals surface area (Å²) >= 11 is 0. The number of carbonyl (C=O) groups excluding carboxylic acids is 3. The van der Waals surface area contributed by atoms with Crippen LogP contribution in [0, 0.1) is 5.41 Å². The number of amides is 1. The molecule has 0 heterocycles. The molecule has 2 aromatic rings. The minimum absolute atomic E-state index is 0.0884. The lowest BCUT2D eigenvalue weighted by molar-refractivity contribution is -0.150. The van der Waals surface area contributed by atoms with Gasteiger partial charge in [-0.2, -0.15) is 0 Å². The average molecular weight is 339 g/mol. The first-order valence-corrected chi connectivity index (χ1v) is 7.89. The molecule has 0 aliphatic rings. The second-order valence-corrected chi connectivity index (χ2v) is 6.39. The molecular weight excluding hydrogens is 318 g/mol. The standard InChI is InChI=1S/C20H21NO4/c1-20(2,19(24)25-3)12-18(23)16-6-4-14(5-7-16)15-8-10-17(11-9-15)21-13-22/h4-11,13H,12H2,1-3H3,(H,21,22). The zero-order valence-electron chi connectivity index (χ0n) is 14.5. The molecule has 25 heavy (non-hydrogen) atoms.